The molecule has 0 aliphatic rings. The monoisotopic (exact) mass is 347 g/mol. The van der Waals surface area contributed by atoms with Crippen LogP contribution in [0, 0.1) is 0 Å². The quantitative estimate of drug-likeness (QED) is 0.549. The summed E-state index contributed by atoms with van der Waals surface area (Å²) in [6.45, 7) is 9.38. The van der Waals surface area contributed by atoms with Crippen LogP contribution in [0.3, 0.4) is 0 Å². The topological polar surface area (TPSA) is 102 Å². The number of ether oxygens (including phenoxy) is 2. The summed E-state index contributed by atoms with van der Waals surface area (Å²) in [7, 11) is 0. The van der Waals surface area contributed by atoms with Crippen LogP contribution in [0.1, 0.15) is 24.2 Å². The van der Waals surface area contributed by atoms with E-state index < -0.39 is 18.0 Å². The Morgan fingerprint density at radius 2 is 1.60 bits per heavy atom. The normalized spacial score (nSPS) is 11.2. The van der Waals surface area contributed by atoms with Crippen LogP contribution >= 0.6 is 0 Å². The molecule has 1 unspecified atom stereocenters. The predicted octanol–water partition coefficient (Wildman–Crippen LogP) is 1.84. The molecule has 1 aromatic carbocycles. The number of aliphatic hydroxyl groups excluding tert-OH is 1. The number of rotatable bonds is 8. The lowest BCUT2D eigenvalue weighted by Crippen LogP contribution is -2.25. The molecule has 0 saturated heterocycles. The highest BCUT2D eigenvalue weighted by Gasteiger charge is 2.14. The zero-order valence-electron chi connectivity index (χ0n) is 14.2. The fourth-order valence-electron chi connectivity index (χ4n) is 1.53. The van der Waals surface area contributed by atoms with Gasteiger partial charge in [0.1, 0.15) is 19.3 Å². The number of amides is 1. The van der Waals surface area contributed by atoms with E-state index in [9.17, 15) is 19.5 Å². The van der Waals surface area contributed by atoms with Gasteiger partial charge in [0.25, 0.3) is 5.91 Å². The molecule has 134 valence electrons. The third kappa shape index (κ3) is 7.01. The number of carbonyl (C=O) groups is 3. The van der Waals surface area contributed by atoms with Crippen molar-refractivity contribution in [3.8, 4) is 0 Å². The highest BCUT2D eigenvalue weighted by atomic mass is 16.6. The Bertz CT molecular complexity index is 677. The molecule has 25 heavy (non-hydrogen) atoms. The summed E-state index contributed by atoms with van der Waals surface area (Å²) in [6, 6.07) is 6.04. The van der Waals surface area contributed by atoms with Gasteiger partial charge >= 0.3 is 11.9 Å². The molecule has 2 N–H and O–H groups in total. The van der Waals surface area contributed by atoms with Crippen molar-refractivity contribution < 1.29 is 29.0 Å². The van der Waals surface area contributed by atoms with Gasteiger partial charge in [-0.1, -0.05) is 13.2 Å². The minimum Gasteiger partial charge on any atom is -0.459 e. The Morgan fingerprint density at radius 1 is 1.04 bits per heavy atom. The number of hydrogen-bond donors (Lipinski definition) is 2. The number of benzene rings is 1. The fraction of sp³-hybridized carbons (Fsp3) is 0.278. The van der Waals surface area contributed by atoms with Gasteiger partial charge in [0.2, 0.25) is 0 Å². The lowest BCUT2D eigenvalue weighted by Gasteiger charge is -2.12. The van der Waals surface area contributed by atoms with E-state index in [1.54, 1.807) is 19.1 Å². The first-order chi connectivity index (χ1) is 11.7. The molecule has 1 rings (SSSR count). The van der Waals surface area contributed by atoms with Crippen LogP contribution in [0.15, 0.2) is 48.6 Å². The van der Waals surface area contributed by atoms with Gasteiger partial charge in [-0.2, -0.15) is 0 Å². The van der Waals surface area contributed by atoms with E-state index in [2.05, 4.69) is 18.5 Å². The predicted molar refractivity (Wildman–Crippen MR) is 91.9 cm³/mol. The standard InChI is InChI=1S/C18H21NO6/c1-11(2)16(21)19-14-7-5-13(6-8-14)18(23)25-10-15(20)9-24-17(22)12(3)4/h5-8,15,20H,1,3,9-10H2,2,4H3,(H,19,21). The van der Waals surface area contributed by atoms with Gasteiger partial charge in [0.05, 0.1) is 5.56 Å². The summed E-state index contributed by atoms with van der Waals surface area (Å²) in [5.41, 5.74) is 1.34. The van der Waals surface area contributed by atoms with Crippen molar-refractivity contribution in [3.63, 3.8) is 0 Å². The van der Waals surface area contributed by atoms with Crippen LogP contribution < -0.4 is 5.32 Å². The number of aliphatic hydroxyl groups is 1. The van der Waals surface area contributed by atoms with E-state index in [0.717, 1.165) is 0 Å². The van der Waals surface area contributed by atoms with Crippen LogP contribution in [0.4, 0.5) is 5.69 Å². The van der Waals surface area contributed by atoms with E-state index in [4.69, 9.17) is 9.47 Å². The first kappa shape index (κ1) is 20.1. The molecule has 1 aromatic rings. The van der Waals surface area contributed by atoms with E-state index in [1.165, 1.54) is 19.1 Å². The Balaban J connectivity index is 2.47. The van der Waals surface area contributed by atoms with Crippen molar-refractivity contribution in [1.29, 1.82) is 0 Å². The smallest absolute Gasteiger partial charge is 0.338 e. The summed E-state index contributed by atoms with van der Waals surface area (Å²) in [5, 5.41) is 12.2. The van der Waals surface area contributed by atoms with Gasteiger partial charge < -0.3 is 19.9 Å². The van der Waals surface area contributed by atoms with Gasteiger partial charge in [-0.3, -0.25) is 4.79 Å². The molecule has 0 fully saturated rings. The molecule has 1 atom stereocenters. The van der Waals surface area contributed by atoms with Gasteiger partial charge in [-0.05, 0) is 38.1 Å². The van der Waals surface area contributed by atoms with Crippen molar-refractivity contribution in [2.24, 2.45) is 0 Å². The summed E-state index contributed by atoms with van der Waals surface area (Å²) in [6.07, 6.45) is -1.14. The summed E-state index contributed by atoms with van der Waals surface area (Å²) in [4.78, 5) is 34.6. The zero-order valence-corrected chi connectivity index (χ0v) is 14.2. The van der Waals surface area contributed by atoms with E-state index >= 15 is 0 Å². The maximum atomic E-state index is 11.9. The lowest BCUT2D eigenvalue weighted by molar-refractivity contribution is -0.142. The van der Waals surface area contributed by atoms with Crippen molar-refractivity contribution in [2.45, 2.75) is 20.0 Å². The Morgan fingerprint density at radius 3 is 2.12 bits per heavy atom. The Hall–Kier alpha value is -2.93. The lowest BCUT2D eigenvalue weighted by atomic mass is 10.2. The molecule has 0 aliphatic carbocycles. The average molecular weight is 347 g/mol. The van der Waals surface area contributed by atoms with Crippen molar-refractivity contribution in [2.75, 3.05) is 18.5 Å². The SMILES string of the molecule is C=C(C)C(=O)Nc1ccc(C(=O)OCC(O)COC(=O)C(=C)C)cc1. The van der Waals surface area contributed by atoms with Crippen LogP contribution in [-0.2, 0) is 19.1 Å². The van der Waals surface area contributed by atoms with Crippen molar-refractivity contribution >= 4 is 23.5 Å². The first-order valence-corrected chi connectivity index (χ1v) is 7.45. The fourth-order valence-corrected chi connectivity index (χ4v) is 1.53. The third-order valence-corrected chi connectivity index (χ3v) is 2.93. The second kappa shape index (κ2) is 9.39. The summed E-state index contributed by atoms with van der Waals surface area (Å²) < 4.78 is 9.69. The minimum absolute atomic E-state index is 0.211. The molecular weight excluding hydrogens is 326 g/mol. The molecular formula is C18H21NO6. The van der Waals surface area contributed by atoms with E-state index in [-0.39, 0.29) is 30.3 Å². The first-order valence-electron chi connectivity index (χ1n) is 7.45. The van der Waals surface area contributed by atoms with Crippen LogP contribution in [0.25, 0.3) is 0 Å². The molecule has 7 heteroatoms. The highest BCUT2D eigenvalue weighted by molar-refractivity contribution is 6.03. The number of carbonyl (C=O) groups excluding carboxylic acids is 3. The number of hydrogen-bond acceptors (Lipinski definition) is 6. The van der Waals surface area contributed by atoms with Gasteiger partial charge in [0.15, 0.2) is 0 Å². The Kier molecular flexibility index (Phi) is 7.55. The maximum Gasteiger partial charge on any atom is 0.338 e. The molecule has 0 heterocycles. The largest absolute Gasteiger partial charge is 0.459 e. The maximum absolute atomic E-state index is 11.9. The number of esters is 2. The molecule has 0 aromatic heterocycles. The molecule has 0 bridgehead atoms. The van der Waals surface area contributed by atoms with Crippen molar-refractivity contribution in [1.82, 2.24) is 0 Å². The van der Waals surface area contributed by atoms with Crippen molar-refractivity contribution in [3.05, 3.63) is 54.1 Å². The zero-order chi connectivity index (χ0) is 19.0. The van der Waals surface area contributed by atoms with E-state index in [0.29, 0.717) is 11.3 Å². The molecule has 0 spiro atoms. The summed E-state index contributed by atoms with van der Waals surface area (Å²) in [5.74, 6) is -1.59. The second-order valence-corrected chi connectivity index (χ2v) is 5.44. The molecule has 7 nitrogen and oxygen atoms in total. The van der Waals surface area contributed by atoms with Gasteiger partial charge in [-0.25, -0.2) is 9.59 Å². The average Bonchev–Trinajstić information content (AvgIpc) is 2.57. The van der Waals surface area contributed by atoms with Crippen LogP contribution in [0.5, 0.6) is 0 Å². The van der Waals surface area contributed by atoms with E-state index in [1.807, 2.05) is 0 Å². The number of nitrogens with one attached hydrogen (secondary N) is 1. The molecule has 0 radical (unpaired) electrons. The molecule has 0 saturated carbocycles. The number of anilines is 1. The third-order valence-electron chi connectivity index (χ3n) is 2.93. The summed E-state index contributed by atoms with van der Waals surface area (Å²) >= 11 is 0. The minimum atomic E-state index is -1.14. The highest BCUT2D eigenvalue weighted by Crippen LogP contribution is 2.11. The van der Waals surface area contributed by atoms with Gasteiger partial charge in [0, 0.05) is 16.8 Å². The van der Waals surface area contributed by atoms with Crippen LogP contribution in [-0.4, -0.2) is 42.3 Å². The molecule has 1 amide bonds. The van der Waals surface area contributed by atoms with Gasteiger partial charge in [-0.15, -0.1) is 0 Å². The Labute approximate surface area is 145 Å². The second-order valence-electron chi connectivity index (χ2n) is 5.44. The van der Waals surface area contributed by atoms with Crippen LogP contribution in [0.2, 0.25) is 0 Å². The molecule has 0 aliphatic heterocycles.